The SMILES string of the molecule is COCCCN1C(=O)C(O)=C(C(=O)C(C)(C)C)C1c1ccccc1OC(C)C. The lowest BCUT2D eigenvalue weighted by Gasteiger charge is -2.30. The van der Waals surface area contributed by atoms with Gasteiger partial charge in [-0.05, 0) is 26.3 Å². The number of carbonyl (C=O) groups excluding carboxylic acids is 2. The molecule has 0 radical (unpaired) electrons. The Kier molecular flexibility index (Phi) is 6.88. The van der Waals surface area contributed by atoms with E-state index in [0.29, 0.717) is 30.9 Å². The van der Waals surface area contributed by atoms with Crippen LogP contribution in [-0.4, -0.2) is 48.1 Å². The monoisotopic (exact) mass is 389 g/mol. The summed E-state index contributed by atoms with van der Waals surface area (Å²) in [4.78, 5) is 27.5. The number of nitrogens with zero attached hydrogens (tertiary/aromatic N) is 1. The number of ether oxygens (including phenoxy) is 2. The highest BCUT2D eigenvalue weighted by molar-refractivity contribution is 6.10. The summed E-state index contributed by atoms with van der Waals surface area (Å²) in [5.74, 6) is -0.660. The van der Waals surface area contributed by atoms with E-state index in [9.17, 15) is 14.7 Å². The van der Waals surface area contributed by atoms with E-state index < -0.39 is 23.1 Å². The molecule has 0 saturated heterocycles. The van der Waals surface area contributed by atoms with Crippen LogP contribution in [0, 0.1) is 5.41 Å². The van der Waals surface area contributed by atoms with Crippen molar-refractivity contribution in [1.29, 1.82) is 0 Å². The van der Waals surface area contributed by atoms with Gasteiger partial charge in [-0.25, -0.2) is 0 Å². The number of hydrogen-bond donors (Lipinski definition) is 1. The number of methoxy groups -OCH3 is 1. The van der Waals surface area contributed by atoms with E-state index in [0.717, 1.165) is 0 Å². The average molecular weight is 389 g/mol. The average Bonchev–Trinajstić information content (AvgIpc) is 2.85. The number of aliphatic hydroxyl groups excluding tert-OH is 1. The predicted octanol–water partition coefficient (Wildman–Crippen LogP) is 3.82. The Balaban J connectivity index is 2.58. The Labute approximate surface area is 167 Å². The van der Waals surface area contributed by atoms with Gasteiger partial charge < -0.3 is 19.5 Å². The highest BCUT2D eigenvalue weighted by atomic mass is 16.5. The molecule has 0 spiro atoms. The zero-order chi connectivity index (χ0) is 21.1. The summed E-state index contributed by atoms with van der Waals surface area (Å²) in [6.07, 6.45) is 0.524. The van der Waals surface area contributed by atoms with Crippen LogP contribution < -0.4 is 4.74 Å². The first-order valence-corrected chi connectivity index (χ1v) is 9.63. The lowest BCUT2D eigenvalue weighted by molar-refractivity contribution is -0.129. The van der Waals surface area contributed by atoms with Gasteiger partial charge in [-0.2, -0.15) is 0 Å². The first kappa shape index (κ1) is 22.0. The molecule has 0 saturated carbocycles. The molecule has 6 heteroatoms. The number of Topliss-reactive ketones (excluding diaryl/α,β-unsaturated/α-hetero) is 1. The van der Waals surface area contributed by atoms with Gasteiger partial charge in [0.2, 0.25) is 0 Å². The second kappa shape index (κ2) is 8.78. The first-order chi connectivity index (χ1) is 13.1. The third-order valence-electron chi connectivity index (χ3n) is 4.55. The Bertz CT molecular complexity index is 760. The van der Waals surface area contributed by atoms with Gasteiger partial charge in [0, 0.05) is 31.2 Å². The van der Waals surface area contributed by atoms with Gasteiger partial charge in [-0.1, -0.05) is 39.0 Å². The maximum atomic E-state index is 13.2. The number of para-hydroxylation sites is 1. The van der Waals surface area contributed by atoms with E-state index in [1.807, 2.05) is 38.1 Å². The maximum absolute atomic E-state index is 13.2. The summed E-state index contributed by atoms with van der Waals surface area (Å²) in [7, 11) is 1.60. The molecule has 1 heterocycles. The molecule has 0 bridgehead atoms. The second-order valence-corrected chi connectivity index (χ2v) is 8.29. The van der Waals surface area contributed by atoms with Crippen LogP contribution in [0.3, 0.4) is 0 Å². The highest BCUT2D eigenvalue weighted by Gasteiger charge is 2.46. The summed E-state index contributed by atoms with van der Waals surface area (Å²) in [5, 5.41) is 10.6. The molecule has 1 unspecified atom stereocenters. The molecule has 1 N–H and O–H groups in total. The van der Waals surface area contributed by atoms with Crippen LogP contribution in [0.1, 0.15) is 52.6 Å². The van der Waals surface area contributed by atoms with Crippen molar-refractivity contribution in [3.05, 3.63) is 41.2 Å². The molecule has 154 valence electrons. The lowest BCUT2D eigenvalue weighted by Crippen LogP contribution is -2.34. The number of ketones is 1. The van der Waals surface area contributed by atoms with Crippen LogP contribution >= 0.6 is 0 Å². The fourth-order valence-corrected chi connectivity index (χ4v) is 3.29. The summed E-state index contributed by atoms with van der Waals surface area (Å²) < 4.78 is 11.0. The Morgan fingerprint density at radius 2 is 1.89 bits per heavy atom. The molecule has 1 aliphatic rings. The Hall–Kier alpha value is -2.34. The van der Waals surface area contributed by atoms with Crippen molar-refractivity contribution in [2.75, 3.05) is 20.3 Å². The topological polar surface area (TPSA) is 76.1 Å². The standard InChI is InChI=1S/C22H31NO5/c1-14(2)28-16-11-8-7-10-15(16)18-17(20(25)22(3,4)5)19(24)21(26)23(18)12-9-13-27-6/h7-8,10-11,14,18,24H,9,12-13H2,1-6H3. The molecule has 0 fully saturated rings. The summed E-state index contributed by atoms with van der Waals surface area (Å²) in [6, 6.07) is 6.66. The molecule has 1 amide bonds. The van der Waals surface area contributed by atoms with E-state index in [-0.39, 0.29) is 17.5 Å². The maximum Gasteiger partial charge on any atom is 0.290 e. The lowest BCUT2D eigenvalue weighted by atomic mass is 9.82. The molecule has 0 aliphatic carbocycles. The number of aliphatic hydroxyl groups is 1. The molecule has 1 aromatic carbocycles. The third kappa shape index (κ3) is 4.55. The van der Waals surface area contributed by atoms with Crippen molar-refractivity contribution in [3.63, 3.8) is 0 Å². The molecular formula is C22H31NO5. The zero-order valence-corrected chi connectivity index (χ0v) is 17.6. The minimum Gasteiger partial charge on any atom is -0.503 e. The highest BCUT2D eigenvalue weighted by Crippen LogP contribution is 2.43. The molecule has 28 heavy (non-hydrogen) atoms. The van der Waals surface area contributed by atoms with Crippen LogP contribution in [-0.2, 0) is 14.3 Å². The molecule has 1 atom stereocenters. The first-order valence-electron chi connectivity index (χ1n) is 9.63. The van der Waals surface area contributed by atoms with E-state index in [1.54, 1.807) is 27.9 Å². The van der Waals surface area contributed by atoms with Crippen molar-refractivity contribution in [2.24, 2.45) is 5.41 Å². The van der Waals surface area contributed by atoms with Crippen molar-refractivity contribution in [3.8, 4) is 5.75 Å². The van der Waals surface area contributed by atoms with Gasteiger partial charge in [-0.15, -0.1) is 0 Å². The van der Waals surface area contributed by atoms with E-state index in [1.165, 1.54) is 4.90 Å². The normalized spacial score (nSPS) is 17.6. The fourth-order valence-electron chi connectivity index (χ4n) is 3.29. The number of carbonyl (C=O) groups is 2. The number of benzene rings is 1. The number of rotatable bonds is 8. The molecule has 6 nitrogen and oxygen atoms in total. The van der Waals surface area contributed by atoms with Crippen LogP contribution in [0.15, 0.2) is 35.6 Å². The van der Waals surface area contributed by atoms with Crippen LogP contribution in [0.4, 0.5) is 0 Å². The van der Waals surface area contributed by atoms with Crippen LogP contribution in [0.2, 0.25) is 0 Å². The van der Waals surface area contributed by atoms with Gasteiger partial charge >= 0.3 is 0 Å². The molecular weight excluding hydrogens is 358 g/mol. The largest absolute Gasteiger partial charge is 0.503 e. The summed E-state index contributed by atoms with van der Waals surface area (Å²) in [5.41, 5.74) is 0.0893. The van der Waals surface area contributed by atoms with E-state index in [2.05, 4.69) is 0 Å². The summed E-state index contributed by atoms with van der Waals surface area (Å²) >= 11 is 0. The van der Waals surface area contributed by atoms with Crippen LogP contribution in [0.5, 0.6) is 5.75 Å². The smallest absolute Gasteiger partial charge is 0.290 e. The summed E-state index contributed by atoms with van der Waals surface area (Å²) in [6.45, 7) is 10.0. The van der Waals surface area contributed by atoms with E-state index in [4.69, 9.17) is 9.47 Å². The van der Waals surface area contributed by atoms with Gasteiger partial charge in [0.05, 0.1) is 17.7 Å². The van der Waals surface area contributed by atoms with Gasteiger partial charge in [0.1, 0.15) is 5.75 Å². The third-order valence-corrected chi connectivity index (χ3v) is 4.55. The zero-order valence-electron chi connectivity index (χ0n) is 17.6. The van der Waals surface area contributed by atoms with Crippen LogP contribution in [0.25, 0.3) is 0 Å². The van der Waals surface area contributed by atoms with Crippen molar-refractivity contribution in [2.45, 2.75) is 53.2 Å². The molecule has 0 aromatic heterocycles. The van der Waals surface area contributed by atoms with Gasteiger partial charge in [0.15, 0.2) is 11.5 Å². The number of hydrogen-bond acceptors (Lipinski definition) is 5. The molecule has 1 aromatic rings. The van der Waals surface area contributed by atoms with Gasteiger partial charge in [0.25, 0.3) is 5.91 Å². The second-order valence-electron chi connectivity index (χ2n) is 8.29. The molecule has 1 aliphatic heterocycles. The van der Waals surface area contributed by atoms with Crippen molar-refractivity contribution in [1.82, 2.24) is 4.90 Å². The van der Waals surface area contributed by atoms with Crippen molar-refractivity contribution >= 4 is 11.7 Å². The predicted molar refractivity (Wildman–Crippen MR) is 107 cm³/mol. The molecule has 2 rings (SSSR count). The van der Waals surface area contributed by atoms with E-state index >= 15 is 0 Å². The Morgan fingerprint density at radius 3 is 2.46 bits per heavy atom. The minimum absolute atomic E-state index is 0.0699. The van der Waals surface area contributed by atoms with Gasteiger partial charge in [-0.3, -0.25) is 9.59 Å². The quantitative estimate of drug-likeness (QED) is 0.684. The van der Waals surface area contributed by atoms with Crippen molar-refractivity contribution < 1.29 is 24.2 Å². The Morgan fingerprint density at radius 1 is 1.25 bits per heavy atom. The number of amides is 1. The fraction of sp³-hybridized carbons (Fsp3) is 0.545. The minimum atomic E-state index is -0.738.